The fourth-order valence-corrected chi connectivity index (χ4v) is 3.33. The minimum atomic E-state index is -0.191. The number of nitrogens with one attached hydrogen (secondary N) is 2. The van der Waals surface area contributed by atoms with Crippen molar-refractivity contribution >= 4 is 10.9 Å². The molecule has 0 atom stereocenters. The molecule has 0 saturated carbocycles. The number of hydrogen-bond acceptors (Lipinski definition) is 1. The number of fused-ring (bicyclic) bond motifs is 3. The smallest absolute Gasteiger partial charge is 0.123 e. The summed E-state index contributed by atoms with van der Waals surface area (Å²) in [6.07, 6.45) is 3.55. The van der Waals surface area contributed by atoms with Crippen LogP contribution in [0.4, 0.5) is 4.39 Å². The summed E-state index contributed by atoms with van der Waals surface area (Å²) in [5.41, 5.74) is 5.88. The van der Waals surface area contributed by atoms with Gasteiger partial charge in [0.15, 0.2) is 0 Å². The highest BCUT2D eigenvalue weighted by Gasteiger charge is 2.14. The lowest BCUT2D eigenvalue weighted by Gasteiger charge is -2.11. The zero-order chi connectivity index (χ0) is 16.9. The molecule has 1 aromatic heterocycles. The summed E-state index contributed by atoms with van der Waals surface area (Å²) >= 11 is 0. The van der Waals surface area contributed by atoms with Crippen molar-refractivity contribution < 1.29 is 4.39 Å². The molecule has 0 radical (unpaired) electrons. The Bertz CT molecular complexity index is 820. The maximum atomic E-state index is 13.5. The van der Waals surface area contributed by atoms with Crippen LogP contribution in [0.5, 0.6) is 0 Å². The first-order valence-corrected chi connectivity index (χ1v) is 8.91. The fraction of sp³-hybridized carbons (Fsp3) is 0.333. The monoisotopic (exact) mass is 324 g/mol. The van der Waals surface area contributed by atoms with E-state index in [1.54, 1.807) is 12.1 Å². The molecular formula is C21H25FN2. The molecule has 0 fully saturated rings. The van der Waals surface area contributed by atoms with Gasteiger partial charge in [0, 0.05) is 23.1 Å². The molecule has 2 heterocycles. The number of rotatable bonds is 1. The zero-order valence-electron chi connectivity index (χ0n) is 14.5. The highest BCUT2D eigenvalue weighted by Crippen LogP contribution is 2.30. The normalized spacial score (nSPS) is 14.3. The maximum absolute atomic E-state index is 13.5. The molecule has 1 aliphatic heterocycles. The third-order valence-electron chi connectivity index (χ3n) is 4.48. The molecule has 2 N–H and O–H groups in total. The lowest BCUT2D eigenvalue weighted by atomic mass is 10.0. The average Bonchev–Trinajstić information content (AvgIpc) is 2.92. The SMILES string of the molecule is CC.Fc1cccc(-c2ccc3[nH]c4c(c3c2)CNCCCC4)c1. The molecule has 3 aromatic rings. The van der Waals surface area contributed by atoms with E-state index in [4.69, 9.17) is 0 Å². The molecule has 126 valence electrons. The first-order valence-electron chi connectivity index (χ1n) is 8.91. The number of aromatic nitrogens is 1. The largest absolute Gasteiger partial charge is 0.358 e. The van der Waals surface area contributed by atoms with Crippen molar-refractivity contribution in [3.05, 3.63) is 59.5 Å². The zero-order valence-corrected chi connectivity index (χ0v) is 14.5. The highest BCUT2D eigenvalue weighted by molar-refractivity contribution is 5.89. The Labute approximate surface area is 143 Å². The van der Waals surface area contributed by atoms with Crippen LogP contribution in [0.1, 0.15) is 37.9 Å². The van der Waals surface area contributed by atoms with Crippen LogP contribution < -0.4 is 5.32 Å². The van der Waals surface area contributed by atoms with Crippen molar-refractivity contribution in [3.8, 4) is 11.1 Å². The second kappa shape index (κ2) is 7.63. The summed E-state index contributed by atoms with van der Waals surface area (Å²) in [6, 6.07) is 13.2. The third-order valence-corrected chi connectivity index (χ3v) is 4.48. The maximum Gasteiger partial charge on any atom is 0.123 e. The first-order chi connectivity index (χ1) is 11.8. The number of aromatic amines is 1. The second-order valence-electron chi connectivity index (χ2n) is 5.99. The molecule has 0 saturated heterocycles. The third kappa shape index (κ3) is 3.36. The number of benzene rings is 2. The molecule has 2 aromatic carbocycles. The van der Waals surface area contributed by atoms with E-state index >= 15 is 0 Å². The van der Waals surface area contributed by atoms with E-state index < -0.39 is 0 Å². The van der Waals surface area contributed by atoms with Crippen molar-refractivity contribution in [2.75, 3.05) is 6.54 Å². The van der Waals surface area contributed by atoms with E-state index in [1.807, 2.05) is 19.9 Å². The van der Waals surface area contributed by atoms with Gasteiger partial charge in [-0.1, -0.05) is 32.0 Å². The molecule has 0 spiro atoms. The molecule has 24 heavy (non-hydrogen) atoms. The Morgan fingerprint density at radius 2 is 1.79 bits per heavy atom. The van der Waals surface area contributed by atoms with E-state index in [1.165, 1.54) is 41.1 Å². The Hall–Kier alpha value is -2.13. The van der Waals surface area contributed by atoms with Crippen LogP contribution in [-0.2, 0) is 13.0 Å². The van der Waals surface area contributed by atoms with E-state index in [0.29, 0.717) is 0 Å². The lowest BCUT2D eigenvalue weighted by molar-refractivity contribution is 0.597. The van der Waals surface area contributed by atoms with Gasteiger partial charge in [-0.15, -0.1) is 0 Å². The van der Waals surface area contributed by atoms with Crippen LogP contribution in [-0.4, -0.2) is 11.5 Å². The molecule has 0 amide bonds. The van der Waals surface area contributed by atoms with E-state index in [0.717, 1.165) is 30.6 Å². The lowest BCUT2D eigenvalue weighted by Crippen LogP contribution is -2.18. The standard InChI is InChI=1S/C19H19FN2.C2H6/c20-15-5-3-4-13(10-15)14-7-8-19-16(11-14)17-12-21-9-2-1-6-18(17)22-19;1-2/h3-5,7-8,10-11,21-22H,1-2,6,9,12H2;1-2H3. The van der Waals surface area contributed by atoms with Gasteiger partial charge >= 0.3 is 0 Å². The summed E-state index contributed by atoms with van der Waals surface area (Å²) < 4.78 is 13.5. The Morgan fingerprint density at radius 1 is 0.958 bits per heavy atom. The highest BCUT2D eigenvalue weighted by atomic mass is 19.1. The van der Waals surface area contributed by atoms with Gasteiger partial charge in [0.2, 0.25) is 0 Å². The molecule has 1 aliphatic rings. The molecule has 0 unspecified atom stereocenters. The summed E-state index contributed by atoms with van der Waals surface area (Å²) in [5.74, 6) is -0.191. The molecular weight excluding hydrogens is 299 g/mol. The van der Waals surface area contributed by atoms with Gasteiger partial charge in [-0.3, -0.25) is 0 Å². The minimum Gasteiger partial charge on any atom is -0.358 e. The second-order valence-corrected chi connectivity index (χ2v) is 5.99. The summed E-state index contributed by atoms with van der Waals surface area (Å²) in [4.78, 5) is 3.56. The number of H-pyrrole nitrogens is 1. The van der Waals surface area contributed by atoms with Crippen molar-refractivity contribution in [1.29, 1.82) is 0 Å². The van der Waals surface area contributed by atoms with Crippen LogP contribution >= 0.6 is 0 Å². The fourth-order valence-electron chi connectivity index (χ4n) is 3.33. The Balaban J connectivity index is 0.000000815. The molecule has 4 rings (SSSR count). The van der Waals surface area contributed by atoms with E-state index in [2.05, 4.69) is 28.5 Å². The Morgan fingerprint density at radius 3 is 2.62 bits per heavy atom. The topological polar surface area (TPSA) is 27.8 Å². The Kier molecular flexibility index (Phi) is 5.31. The summed E-state index contributed by atoms with van der Waals surface area (Å²) in [5, 5.41) is 4.77. The number of hydrogen-bond donors (Lipinski definition) is 2. The van der Waals surface area contributed by atoms with Crippen LogP contribution in [0.2, 0.25) is 0 Å². The predicted octanol–water partition coefficient (Wildman–Crippen LogP) is 5.43. The number of aryl methyl sites for hydroxylation is 1. The van der Waals surface area contributed by atoms with E-state index in [9.17, 15) is 4.39 Å². The van der Waals surface area contributed by atoms with Crippen molar-refractivity contribution in [3.63, 3.8) is 0 Å². The van der Waals surface area contributed by atoms with Crippen LogP contribution in [0, 0.1) is 5.82 Å². The van der Waals surface area contributed by atoms with Crippen LogP contribution in [0.25, 0.3) is 22.0 Å². The van der Waals surface area contributed by atoms with Crippen LogP contribution in [0.3, 0.4) is 0 Å². The van der Waals surface area contributed by atoms with Crippen molar-refractivity contribution in [2.45, 2.75) is 39.7 Å². The average molecular weight is 324 g/mol. The van der Waals surface area contributed by atoms with Gasteiger partial charge in [-0.05, 0) is 66.8 Å². The van der Waals surface area contributed by atoms with Gasteiger partial charge in [0.1, 0.15) is 5.82 Å². The summed E-state index contributed by atoms with van der Waals surface area (Å²) in [6.45, 7) is 5.98. The van der Waals surface area contributed by atoms with Gasteiger partial charge < -0.3 is 10.3 Å². The minimum absolute atomic E-state index is 0.191. The van der Waals surface area contributed by atoms with Crippen molar-refractivity contribution in [2.24, 2.45) is 0 Å². The van der Waals surface area contributed by atoms with Gasteiger partial charge in [0.05, 0.1) is 0 Å². The van der Waals surface area contributed by atoms with Crippen LogP contribution in [0.15, 0.2) is 42.5 Å². The van der Waals surface area contributed by atoms with Gasteiger partial charge in [-0.2, -0.15) is 0 Å². The summed E-state index contributed by atoms with van der Waals surface area (Å²) in [7, 11) is 0. The first kappa shape index (κ1) is 16.7. The quantitative estimate of drug-likeness (QED) is 0.614. The molecule has 0 bridgehead atoms. The molecule has 3 heteroatoms. The van der Waals surface area contributed by atoms with Crippen molar-refractivity contribution in [1.82, 2.24) is 10.3 Å². The number of halogens is 1. The molecule has 2 nitrogen and oxygen atoms in total. The van der Waals surface area contributed by atoms with E-state index in [-0.39, 0.29) is 5.82 Å². The predicted molar refractivity (Wildman–Crippen MR) is 99.7 cm³/mol. The van der Waals surface area contributed by atoms with Gasteiger partial charge in [-0.25, -0.2) is 4.39 Å². The molecule has 0 aliphatic carbocycles. The van der Waals surface area contributed by atoms with Gasteiger partial charge in [0.25, 0.3) is 0 Å².